The van der Waals surface area contributed by atoms with Crippen LogP contribution in [0.25, 0.3) is 21.5 Å². The lowest BCUT2D eigenvalue weighted by atomic mass is 10.0. The van der Waals surface area contributed by atoms with Crippen molar-refractivity contribution in [3.8, 4) is 17.0 Å². The van der Waals surface area contributed by atoms with Crippen molar-refractivity contribution < 1.29 is 4.74 Å². The zero-order chi connectivity index (χ0) is 18.4. The second kappa shape index (κ2) is 6.55. The maximum absolute atomic E-state index is 6.03. The first-order chi connectivity index (χ1) is 13.2. The molecule has 1 N–H and O–H groups in total. The average Bonchev–Trinajstić information content (AvgIpc) is 3.31. The molecule has 5 nitrogen and oxygen atoms in total. The summed E-state index contributed by atoms with van der Waals surface area (Å²) in [6, 6.07) is 13.8. The van der Waals surface area contributed by atoms with Crippen molar-refractivity contribution in [3.05, 3.63) is 58.7 Å². The molecule has 7 heteroatoms. The van der Waals surface area contributed by atoms with Gasteiger partial charge in [-0.15, -0.1) is 0 Å². The van der Waals surface area contributed by atoms with Gasteiger partial charge in [0.15, 0.2) is 5.13 Å². The Balaban J connectivity index is 1.49. The minimum Gasteiger partial charge on any atom is -0.497 e. The number of hydrogen-bond acceptors (Lipinski definition) is 5. The van der Waals surface area contributed by atoms with Crippen LogP contribution in [0.2, 0.25) is 5.02 Å². The second-order valence-electron chi connectivity index (χ2n) is 6.54. The smallest absolute Gasteiger partial charge is 0.186 e. The van der Waals surface area contributed by atoms with Gasteiger partial charge < -0.3 is 9.64 Å². The number of aromatic amines is 1. The molecule has 2 aromatic carbocycles. The minimum atomic E-state index is 0.731. The van der Waals surface area contributed by atoms with Gasteiger partial charge in [0.1, 0.15) is 5.75 Å². The normalized spacial score (nSPS) is 13.8. The maximum Gasteiger partial charge on any atom is 0.186 e. The van der Waals surface area contributed by atoms with E-state index in [0.717, 1.165) is 56.9 Å². The van der Waals surface area contributed by atoms with E-state index in [4.69, 9.17) is 21.3 Å². The first kappa shape index (κ1) is 16.6. The van der Waals surface area contributed by atoms with Crippen molar-refractivity contribution in [2.45, 2.75) is 13.0 Å². The van der Waals surface area contributed by atoms with Crippen LogP contribution in [0.15, 0.2) is 42.5 Å². The second-order valence-corrected chi connectivity index (χ2v) is 7.98. The van der Waals surface area contributed by atoms with Gasteiger partial charge >= 0.3 is 0 Å². The Morgan fingerprint density at radius 1 is 1.19 bits per heavy atom. The number of aromatic nitrogens is 3. The van der Waals surface area contributed by atoms with E-state index in [1.54, 1.807) is 18.4 Å². The average molecular weight is 397 g/mol. The van der Waals surface area contributed by atoms with Gasteiger partial charge in [-0.1, -0.05) is 35.1 Å². The number of thiazole rings is 1. The predicted molar refractivity (Wildman–Crippen MR) is 110 cm³/mol. The van der Waals surface area contributed by atoms with E-state index in [-0.39, 0.29) is 0 Å². The summed E-state index contributed by atoms with van der Waals surface area (Å²) in [6.07, 6.45) is 0.926. The molecule has 0 aliphatic carbocycles. The Labute approximate surface area is 165 Å². The van der Waals surface area contributed by atoms with Crippen LogP contribution in [-0.4, -0.2) is 28.8 Å². The van der Waals surface area contributed by atoms with Gasteiger partial charge in [-0.25, -0.2) is 4.98 Å². The molecule has 27 heavy (non-hydrogen) atoms. The Kier molecular flexibility index (Phi) is 4.02. The lowest BCUT2D eigenvalue weighted by Crippen LogP contribution is -2.30. The molecule has 5 rings (SSSR count). The number of methoxy groups -OCH3 is 1. The first-order valence-corrected chi connectivity index (χ1v) is 9.92. The standard InChI is InChI=1S/C20H17ClN4OS/c1-26-14-6-7-17-18(10-14)27-20(22-17)25-9-8-16-15(11-25)19(24-23-16)12-2-4-13(21)5-3-12/h2-7,10H,8-9,11H2,1H3,(H,23,24). The van der Waals surface area contributed by atoms with Crippen molar-refractivity contribution in [3.63, 3.8) is 0 Å². The van der Waals surface area contributed by atoms with Gasteiger partial charge in [-0.05, 0) is 30.3 Å². The van der Waals surface area contributed by atoms with Gasteiger partial charge in [0.05, 0.1) is 23.0 Å². The van der Waals surface area contributed by atoms with Gasteiger partial charge in [0.2, 0.25) is 0 Å². The summed E-state index contributed by atoms with van der Waals surface area (Å²) in [6.45, 7) is 1.72. The van der Waals surface area contributed by atoms with E-state index in [1.165, 1.54) is 11.3 Å². The molecule has 0 bridgehead atoms. The van der Waals surface area contributed by atoms with Crippen LogP contribution in [0.4, 0.5) is 5.13 Å². The largest absolute Gasteiger partial charge is 0.497 e. The van der Waals surface area contributed by atoms with Crippen LogP contribution in [0.3, 0.4) is 0 Å². The van der Waals surface area contributed by atoms with Gasteiger partial charge in [-0.2, -0.15) is 5.10 Å². The number of hydrogen-bond donors (Lipinski definition) is 1. The van der Waals surface area contributed by atoms with Crippen LogP contribution in [-0.2, 0) is 13.0 Å². The summed E-state index contributed by atoms with van der Waals surface area (Å²) in [5.74, 6) is 0.860. The number of fused-ring (bicyclic) bond motifs is 2. The summed E-state index contributed by atoms with van der Waals surface area (Å²) in [5, 5.41) is 9.54. The van der Waals surface area contributed by atoms with Crippen molar-refractivity contribution >= 4 is 38.3 Å². The number of H-pyrrole nitrogens is 1. The molecule has 0 saturated carbocycles. The summed E-state index contributed by atoms with van der Waals surface area (Å²) in [4.78, 5) is 7.15. The highest BCUT2D eigenvalue weighted by molar-refractivity contribution is 7.22. The van der Waals surface area contributed by atoms with Crippen LogP contribution in [0.1, 0.15) is 11.3 Å². The molecule has 0 amide bonds. The molecule has 4 aromatic rings. The van der Waals surface area contributed by atoms with E-state index < -0.39 is 0 Å². The van der Waals surface area contributed by atoms with Crippen molar-refractivity contribution in [2.24, 2.45) is 0 Å². The number of nitrogens with zero attached hydrogens (tertiary/aromatic N) is 3. The third-order valence-corrected chi connectivity index (χ3v) is 6.24. The molecule has 0 spiro atoms. The molecule has 0 saturated heterocycles. The van der Waals surface area contributed by atoms with E-state index in [0.29, 0.717) is 0 Å². The fraction of sp³-hybridized carbons (Fsp3) is 0.200. The molecular weight excluding hydrogens is 380 g/mol. The number of anilines is 1. The van der Waals surface area contributed by atoms with Crippen LogP contribution in [0.5, 0.6) is 5.75 Å². The molecule has 2 aromatic heterocycles. The third kappa shape index (κ3) is 2.95. The highest BCUT2D eigenvalue weighted by Crippen LogP contribution is 2.35. The molecule has 0 atom stereocenters. The Hall–Kier alpha value is -2.57. The quantitative estimate of drug-likeness (QED) is 0.534. The first-order valence-electron chi connectivity index (χ1n) is 8.73. The summed E-state index contributed by atoms with van der Waals surface area (Å²) >= 11 is 7.73. The van der Waals surface area contributed by atoms with Crippen molar-refractivity contribution in [2.75, 3.05) is 18.6 Å². The van der Waals surface area contributed by atoms with E-state index >= 15 is 0 Å². The summed E-state index contributed by atoms with van der Waals surface area (Å²) in [7, 11) is 1.69. The minimum absolute atomic E-state index is 0.731. The van der Waals surface area contributed by atoms with Gasteiger partial charge in [-0.3, -0.25) is 5.10 Å². The topological polar surface area (TPSA) is 54.0 Å². The van der Waals surface area contributed by atoms with E-state index in [2.05, 4.69) is 15.1 Å². The summed E-state index contributed by atoms with van der Waals surface area (Å²) in [5.41, 5.74) is 5.52. The van der Waals surface area contributed by atoms with Crippen LogP contribution in [0, 0.1) is 0 Å². The van der Waals surface area contributed by atoms with Crippen LogP contribution >= 0.6 is 22.9 Å². The molecule has 3 heterocycles. The Morgan fingerprint density at radius 2 is 2.04 bits per heavy atom. The molecule has 1 aliphatic rings. The van der Waals surface area contributed by atoms with Gasteiger partial charge in [0.25, 0.3) is 0 Å². The SMILES string of the molecule is COc1ccc2nc(N3CCc4[nH]nc(-c5ccc(Cl)cc5)c4C3)sc2c1. The van der Waals surface area contributed by atoms with E-state index in [1.807, 2.05) is 42.5 Å². The Bertz CT molecular complexity index is 1120. The molecule has 0 radical (unpaired) electrons. The van der Waals surface area contributed by atoms with E-state index in [9.17, 15) is 0 Å². The van der Waals surface area contributed by atoms with Crippen molar-refractivity contribution in [1.29, 1.82) is 0 Å². The number of nitrogens with one attached hydrogen (secondary N) is 1. The number of halogens is 1. The number of ether oxygens (including phenoxy) is 1. The fourth-order valence-electron chi connectivity index (χ4n) is 3.46. The molecule has 136 valence electrons. The zero-order valence-electron chi connectivity index (χ0n) is 14.7. The third-order valence-electron chi connectivity index (χ3n) is 4.91. The highest BCUT2D eigenvalue weighted by atomic mass is 35.5. The lowest BCUT2D eigenvalue weighted by Gasteiger charge is -2.26. The molecular formula is C20H17ClN4OS. The number of rotatable bonds is 3. The predicted octanol–water partition coefficient (Wildman–Crippen LogP) is 4.91. The number of benzene rings is 2. The van der Waals surface area contributed by atoms with Gasteiger partial charge in [0, 0.05) is 41.4 Å². The molecule has 0 unspecified atom stereocenters. The highest BCUT2D eigenvalue weighted by Gasteiger charge is 2.24. The van der Waals surface area contributed by atoms with Crippen molar-refractivity contribution in [1.82, 2.24) is 15.2 Å². The monoisotopic (exact) mass is 396 g/mol. The summed E-state index contributed by atoms with van der Waals surface area (Å²) < 4.78 is 6.47. The lowest BCUT2D eigenvalue weighted by molar-refractivity contribution is 0.415. The maximum atomic E-state index is 6.03. The molecule has 0 fully saturated rings. The molecule has 1 aliphatic heterocycles. The Morgan fingerprint density at radius 3 is 2.85 bits per heavy atom. The fourth-order valence-corrected chi connectivity index (χ4v) is 4.60. The van der Waals surface area contributed by atoms with Crippen LogP contribution < -0.4 is 9.64 Å². The zero-order valence-corrected chi connectivity index (χ0v) is 16.3.